The van der Waals surface area contributed by atoms with Crippen LogP contribution < -0.4 is 4.74 Å². The third-order valence-electron chi connectivity index (χ3n) is 2.13. The molecule has 1 atom stereocenters. The van der Waals surface area contributed by atoms with Crippen molar-refractivity contribution in [1.29, 1.82) is 0 Å². The van der Waals surface area contributed by atoms with Crippen LogP contribution in [0.25, 0.3) is 0 Å². The number of carbonyl (C=O) groups is 1. The van der Waals surface area contributed by atoms with Crippen molar-refractivity contribution in [3.8, 4) is 5.75 Å². The van der Waals surface area contributed by atoms with Gasteiger partial charge in [0.15, 0.2) is 0 Å². The highest BCUT2D eigenvalue weighted by Gasteiger charge is 2.07. The smallest absolute Gasteiger partial charge is 0.149 e. The molecule has 0 aromatic heterocycles. The minimum atomic E-state index is -0.344. The Kier molecular flexibility index (Phi) is 4.84. The van der Waals surface area contributed by atoms with E-state index in [0.717, 1.165) is 17.6 Å². The third kappa shape index (κ3) is 3.72. The van der Waals surface area contributed by atoms with Crippen LogP contribution in [-0.2, 0) is 16.0 Å². The van der Waals surface area contributed by atoms with Crippen molar-refractivity contribution in [1.82, 2.24) is 0 Å². The molecule has 3 heteroatoms. The van der Waals surface area contributed by atoms with Crippen molar-refractivity contribution in [2.45, 2.75) is 19.4 Å². The summed E-state index contributed by atoms with van der Waals surface area (Å²) in [4.78, 5) is 10.7. The molecule has 1 aromatic carbocycles. The Morgan fingerprint density at radius 3 is 2.47 bits per heavy atom. The lowest BCUT2D eigenvalue weighted by Crippen LogP contribution is -2.17. The SMILES string of the molecule is CCO[C@H](C=O)Cc1ccc(OC)cc1. The summed E-state index contributed by atoms with van der Waals surface area (Å²) in [6.07, 6.45) is 1.11. The molecule has 0 aliphatic heterocycles. The van der Waals surface area contributed by atoms with Gasteiger partial charge in [0, 0.05) is 13.0 Å². The lowest BCUT2D eigenvalue weighted by molar-refractivity contribution is -0.117. The number of methoxy groups -OCH3 is 1. The quantitative estimate of drug-likeness (QED) is 0.669. The van der Waals surface area contributed by atoms with Gasteiger partial charge in [-0.25, -0.2) is 0 Å². The monoisotopic (exact) mass is 208 g/mol. The summed E-state index contributed by atoms with van der Waals surface area (Å²) < 4.78 is 10.3. The fourth-order valence-corrected chi connectivity index (χ4v) is 1.35. The molecule has 0 heterocycles. The number of ether oxygens (including phenoxy) is 2. The van der Waals surface area contributed by atoms with Crippen molar-refractivity contribution in [3.05, 3.63) is 29.8 Å². The molecule has 0 fully saturated rings. The molecule has 0 amide bonds. The first-order chi connectivity index (χ1) is 7.30. The van der Waals surface area contributed by atoms with Crippen molar-refractivity contribution in [3.63, 3.8) is 0 Å². The van der Waals surface area contributed by atoms with Crippen LogP contribution in [0.4, 0.5) is 0 Å². The van der Waals surface area contributed by atoms with Gasteiger partial charge in [0.1, 0.15) is 18.1 Å². The third-order valence-corrected chi connectivity index (χ3v) is 2.13. The van der Waals surface area contributed by atoms with E-state index in [9.17, 15) is 4.79 Å². The zero-order valence-corrected chi connectivity index (χ0v) is 9.10. The van der Waals surface area contributed by atoms with Crippen molar-refractivity contribution in [2.24, 2.45) is 0 Å². The molecule has 1 aromatic rings. The number of carbonyl (C=O) groups excluding carboxylic acids is 1. The lowest BCUT2D eigenvalue weighted by atomic mass is 10.1. The summed E-state index contributed by atoms with van der Waals surface area (Å²) in [7, 11) is 1.63. The van der Waals surface area contributed by atoms with Crippen LogP contribution in [-0.4, -0.2) is 26.1 Å². The summed E-state index contributed by atoms with van der Waals surface area (Å²) >= 11 is 0. The summed E-state index contributed by atoms with van der Waals surface area (Å²) in [6, 6.07) is 7.63. The molecule has 3 nitrogen and oxygen atoms in total. The molecule has 0 saturated heterocycles. The van der Waals surface area contributed by atoms with Crippen LogP contribution in [0.15, 0.2) is 24.3 Å². The number of benzene rings is 1. The van der Waals surface area contributed by atoms with Gasteiger partial charge in [0.2, 0.25) is 0 Å². The Balaban J connectivity index is 2.58. The second-order valence-electron chi connectivity index (χ2n) is 3.18. The highest BCUT2D eigenvalue weighted by Crippen LogP contribution is 2.13. The van der Waals surface area contributed by atoms with Crippen molar-refractivity contribution in [2.75, 3.05) is 13.7 Å². The molecule has 1 rings (SSSR count). The van der Waals surface area contributed by atoms with E-state index < -0.39 is 0 Å². The Morgan fingerprint density at radius 2 is 2.00 bits per heavy atom. The van der Waals surface area contributed by atoms with E-state index >= 15 is 0 Å². The molecular formula is C12H16O3. The van der Waals surface area contributed by atoms with Gasteiger partial charge in [0.05, 0.1) is 7.11 Å². The van der Waals surface area contributed by atoms with Gasteiger partial charge in [-0.15, -0.1) is 0 Å². The van der Waals surface area contributed by atoms with Gasteiger partial charge in [-0.1, -0.05) is 12.1 Å². The predicted molar refractivity (Wildman–Crippen MR) is 58.2 cm³/mol. The first-order valence-electron chi connectivity index (χ1n) is 5.00. The number of hydrogen-bond donors (Lipinski definition) is 0. The van der Waals surface area contributed by atoms with E-state index in [1.807, 2.05) is 31.2 Å². The topological polar surface area (TPSA) is 35.5 Å². The van der Waals surface area contributed by atoms with E-state index in [1.54, 1.807) is 7.11 Å². The van der Waals surface area contributed by atoms with E-state index in [0.29, 0.717) is 13.0 Å². The standard InChI is InChI=1S/C12H16O3/c1-3-15-12(9-13)8-10-4-6-11(14-2)7-5-10/h4-7,9,12H,3,8H2,1-2H3/t12-/m0/s1. The second-order valence-corrected chi connectivity index (χ2v) is 3.18. The second kappa shape index (κ2) is 6.19. The Hall–Kier alpha value is -1.35. The van der Waals surface area contributed by atoms with Crippen LogP contribution in [0, 0.1) is 0 Å². The zero-order valence-electron chi connectivity index (χ0n) is 9.10. The maximum Gasteiger partial charge on any atom is 0.149 e. The first-order valence-corrected chi connectivity index (χ1v) is 5.00. The molecular weight excluding hydrogens is 192 g/mol. The highest BCUT2D eigenvalue weighted by molar-refractivity contribution is 5.56. The van der Waals surface area contributed by atoms with Crippen LogP contribution >= 0.6 is 0 Å². The highest BCUT2D eigenvalue weighted by atomic mass is 16.5. The van der Waals surface area contributed by atoms with Crippen LogP contribution in [0.3, 0.4) is 0 Å². The van der Waals surface area contributed by atoms with Crippen molar-refractivity contribution >= 4 is 6.29 Å². The Labute approximate surface area is 90.0 Å². The molecule has 0 spiro atoms. The summed E-state index contributed by atoms with van der Waals surface area (Å²) in [5.74, 6) is 0.817. The number of hydrogen-bond acceptors (Lipinski definition) is 3. The molecule has 0 unspecified atom stereocenters. The van der Waals surface area contributed by atoms with Gasteiger partial charge in [-0.05, 0) is 24.6 Å². The van der Waals surface area contributed by atoms with E-state index in [-0.39, 0.29) is 6.10 Å². The normalized spacial score (nSPS) is 12.1. The molecule has 0 aliphatic carbocycles. The largest absolute Gasteiger partial charge is 0.497 e. The van der Waals surface area contributed by atoms with Gasteiger partial charge in [-0.2, -0.15) is 0 Å². The Morgan fingerprint density at radius 1 is 1.33 bits per heavy atom. The fourth-order valence-electron chi connectivity index (χ4n) is 1.35. The average Bonchev–Trinajstić information content (AvgIpc) is 2.29. The zero-order chi connectivity index (χ0) is 11.1. The van der Waals surface area contributed by atoms with Crippen LogP contribution in [0.5, 0.6) is 5.75 Å². The fraction of sp³-hybridized carbons (Fsp3) is 0.417. The molecule has 0 radical (unpaired) electrons. The van der Waals surface area contributed by atoms with E-state index in [4.69, 9.17) is 9.47 Å². The van der Waals surface area contributed by atoms with E-state index in [2.05, 4.69) is 0 Å². The van der Waals surface area contributed by atoms with Crippen molar-refractivity contribution < 1.29 is 14.3 Å². The lowest BCUT2D eigenvalue weighted by Gasteiger charge is -2.10. The maximum atomic E-state index is 10.7. The molecule has 15 heavy (non-hydrogen) atoms. The maximum absolute atomic E-state index is 10.7. The average molecular weight is 208 g/mol. The van der Waals surface area contributed by atoms with Crippen LogP contribution in [0.1, 0.15) is 12.5 Å². The van der Waals surface area contributed by atoms with Gasteiger partial charge in [0.25, 0.3) is 0 Å². The minimum absolute atomic E-state index is 0.344. The Bertz CT molecular complexity index is 292. The summed E-state index contributed by atoms with van der Waals surface area (Å²) in [5.41, 5.74) is 1.07. The van der Waals surface area contributed by atoms with Gasteiger partial charge >= 0.3 is 0 Å². The molecule has 0 saturated carbocycles. The van der Waals surface area contributed by atoms with Gasteiger partial charge < -0.3 is 14.3 Å². The molecule has 0 bridgehead atoms. The van der Waals surface area contributed by atoms with E-state index in [1.165, 1.54) is 0 Å². The molecule has 0 N–H and O–H groups in total. The van der Waals surface area contributed by atoms with Crippen LogP contribution in [0.2, 0.25) is 0 Å². The molecule has 82 valence electrons. The van der Waals surface area contributed by atoms with Gasteiger partial charge in [-0.3, -0.25) is 0 Å². The summed E-state index contributed by atoms with van der Waals surface area (Å²) in [5, 5.41) is 0. The number of aldehydes is 1. The minimum Gasteiger partial charge on any atom is -0.497 e. The molecule has 0 aliphatic rings. The number of rotatable bonds is 6. The first kappa shape index (κ1) is 11.7. The summed E-state index contributed by atoms with van der Waals surface area (Å²) in [6.45, 7) is 2.43. The predicted octanol–water partition coefficient (Wildman–Crippen LogP) is 1.84.